The number of carbonyl (C=O) groups excluding carboxylic acids is 1. The molecule has 0 unspecified atom stereocenters. The molecule has 1 fully saturated rings. The van der Waals surface area contributed by atoms with E-state index in [0.29, 0.717) is 24.0 Å². The zero-order valence-corrected chi connectivity index (χ0v) is 14.9. The van der Waals surface area contributed by atoms with Gasteiger partial charge < -0.3 is 13.8 Å². The van der Waals surface area contributed by atoms with Crippen LogP contribution in [0.3, 0.4) is 0 Å². The minimum Gasteiger partial charge on any atom is -0.456 e. The standard InChI is InChI=1S/C18H21N5O3/c1-12-7-8-15(25-12)18(24)23-9-5-3-4-6-14(23)16-20-17(26-21-16)13-10-19-22(2)11-13/h7-8,10-11,14H,3-6,9H2,1-2H3/t14-/m1/s1. The lowest BCUT2D eigenvalue weighted by atomic mass is 10.1. The van der Waals surface area contributed by atoms with Crippen molar-refractivity contribution in [1.29, 1.82) is 0 Å². The Morgan fingerprint density at radius 2 is 2.15 bits per heavy atom. The average molecular weight is 355 g/mol. The Labute approximate surface area is 150 Å². The molecule has 8 heteroatoms. The van der Waals surface area contributed by atoms with Crippen molar-refractivity contribution >= 4 is 5.91 Å². The van der Waals surface area contributed by atoms with Crippen LogP contribution < -0.4 is 0 Å². The molecule has 0 N–H and O–H groups in total. The van der Waals surface area contributed by atoms with Gasteiger partial charge in [-0.15, -0.1) is 0 Å². The van der Waals surface area contributed by atoms with E-state index in [1.165, 1.54) is 0 Å². The third-order valence-electron chi connectivity index (χ3n) is 4.66. The van der Waals surface area contributed by atoms with Crippen LogP contribution in [0, 0.1) is 6.92 Å². The first-order valence-electron chi connectivity index (χ1n) is 8.82. The first-order chi connectivity index (χ1) is 12.6. The number of rotatable bonds is 3. The fraction of sp³-hybridized carbons (Fsp3) is 0.444. The fourth-order valence-corrected chi connectivity index (χ4v) is 3.33. The third kappa shape index (κ3) is 3.14. The molecule has 1 atom stereocenters. The largest absolute Gasteiger partial charge is 0.456 e. The summed E-state index contributed by atoms with van der Waals surface area (Å²) in [6, 6.07) is 3.30. The molecule has 4 heterocycles. The van der Waals surface area contributed by atoms with E-state index in [4.69, 9.17) is 8.94 Å². The Kier molecular flexibility index (Phi) is 4.32. The van der Waals surface area contributed by atoms with Gasteiger partial charge in [-0.25, -0.2) is 0 Å². The molecule has 1 saturated heterocycles. The fourth-order valence-electron chi connectivity index (χ4n) is 3.33. The third-order valence-corrected chi connectivity index (χ3v) is 4.66. The van der Waals surface area contributed by atoms with E-state index in [-0.39, 0.29) is 11.9 Å². The second-order valence-electron chi connectivity index (χ2n) is 6.63. The molecular weight excluding hydrogens is 334 g/mol. The first-order valence-corrected chi connectivity index (χ1v) is 8.82. The molecule has 3 aromatic heterocycles. The van der Waals surface area contributed by atoms with Gasteiger partial charge >= 0.3 is 0 Å². The van der Waals surface area contributed by atoms with E-state index >= 15 is 0 Å². The van der Waals surface area contributed by atoms with Crippen molar-refractivity contribution in [2.24, 2.45) is 7.05 Å². The van der Waals surface area contributed by atoms with Gasteiger partial charge in [0.2, 0.25) is 0 Å². The quantitative estimate of drug-likeness (QED) is 0.717. The molecule has 1 amide bonds. The summed E-state index contributed by atoms with van der Waals surface area (Å²) in [6.45, 7) is 2.48. The molecule has 0 radical (unpaired) electrons. The highest BCUT2D eigenvalue weighted by molar-refractivity contribution is 5.91. The monoisotopic (exact) mass is 355 g/mol. The van der Waals surface area contributed by atoms with Crippen LogP contribution in [0.15, 0.2) is 33.5 Å². The van der Waals surface area contributed by atoms with Gasteiger partial charge in [-0.1, -0.05) is 18.0 Å². The number of aromatic nitrogens is 4. The van der Waals surface area contributed by atoms with Crippen molar-refractivity contribution < 1.29 is 13.7 Å². The van der Waals surface area contributed by atoms with Crippen LogP contribution in [-0.2, 0) is 7.05 Å². The van der Waals surface area contributed by atoms with Gasteiger partial charge in [-0.3, -0.25) is 9.48 Å². The van der Waals surface area contributed by atoms with Gasteiger partial charge in [-0.2, -0.15) is 10.1 Å². The van der Waals surface area contributed by atoms with E-state index < -0.39 is 0 Å². The van der Waals surface area contributed by atoms with Crippen LogP contribution >= 0.6 is 0 Å². The Balaban J connectivity index is 1.63. The first kappa shape index (κ1) is 16.6. The van der Waals surface area contributed by atoms with Crippen LogP contribution in [-0.4, -0.2) is 37.3 Å². The molecule has 4 rings (SSSR count). The molecule has 0 saturated carbocycles. The van der Waals surface area contributed by atoms with Gasteiger partial charge in [0, 0.05) is 19.8 Å². The lowest BCUT2D eigenvalue weighted by Crippen LogP contribution is -2.35. The Morgan fingerprint density at radius 3 is 2.88 bits per heavy atom. The number of hydrogen-bond donors (Lipinski definition) is 0. The molecule has 136 valence electrons. The summed E-state index contributed by atoms with van der Waals surface area (Å²) in [7, 11) is 1.83. The lowest BCUT2D eigenvalue weighted by molar-refractivity contribution is 0.0636. The Hall–Kier alpha value is -2.90. The highest BCUT2D eigenvalue weighted by Gasteiger charge is 2.32. The number of carbonyl (C=O) groups is 1. The predicted molar refractivity (Wildman–Crippen MR) is 92.2 cm³/mol. The average Bonchev–Trinajstić information content (AvgIpc) is 3.33. The van der Waals surface area contributed by atoms with Gasteiger partial charge in [0.05, 0.1) is 17.8 Å². The molecular formula is C18H21N5O3. The van der Waals surface area contributed by atoms with E-state index in [9.17, 15) is 4.79 Å². The maximum atomic E-state index is 13.0. The SMILES string of the molecule is Cc1ccc(C(=O)N2CCCCC[C@@H]2c2noc(-c3cnn(C)c3)n2)o1. The summed E-state index contributed by atoms with van der Waals surface area (Å²) in [5.74, 6) is 1.89. The summed E-state index contributed by atoms with van der Waals surface area (Å²) in [5.41, 5.74) is 0.763. The van der Waals surface area contributed by atoms with E-state index in [2.05, 4.69) is 15.2 Å². The van der Waals surface area contributed by atoms with Gasteiger partial charge in [0.25, 0.3) is 11.8 Å². The summed E-state index contributed by atoms with van der Waals surface area (Å²) >= 11 is 0. The second kappa shape index (κ2) is 6.78. The van der Waals surface area contributed by atoms with Gasteiger partial charge in [0.1, 0.15) is 5.76 Å². The zero-order chi connectivity index (χ0) is 18.1. The molecule has 1 aliphatic heterocycles. The van der Waals surface area contributed by atoms with E-state index in [1.807, 2.05) is 25.1 Å². The number of nitrogens with zero attached hydrogens (tertiary/aromatic N) is 5. The summed E-state index contributed by atoms with van der Waals surface area (Å²) in [5, 5.41) is 8.28. The number of aryl methyl sites for hydroxylation is 2. The van der Waals surface area contributed by atoms with Crippen LogP contribution in [0.1, 0.15) is 53.9 Å². The zero-order valence-electron chi connectivity index (χ0n) is 14.9. The van der Waals surface area contributed by atoms with Crippen molar-refractivity contribution in [3.63, 3.8) is 0 Å². The molecule has 3 aromatic rings. The summed E-state index contributed by atoms with van der Waals surface area (Å²) in [4.78, 5) is 19.3. The smallest absolute Gasteiger partial charge is 0.290 e. The minimum absolute atomic E-state index is 0.127. The molecule has 0 spiro atoms. The van der Waals surface area contributed by atoms with Crippen LogP contribution in [0.25, 0.3) is 11.5 Å². The van der Waals surface area contributed by atoms with Crippen molar-refractivity contribution in [3.8, 4) is 11.5 Å². The van der Waals surface area contributed by atoms with Crippen LogP contribution in [0.4, 0.5) is 0 Å². The maximum Gasteiger partial charge on any atom is 0.290 e. The number of furan rings is 1. The lowest BCUT2D eigenvalue weighted by Gasteiger charge is -2.26. The number of hydrogen-bond acceptors (Lipinski definition) is 6. The molecule has 1 aliphatic rings. The minimum atomic E-state index is -0.218. The molecule has 8 nitrogen and oxygen atoms in total. The Morgan fingerprint density at radius 1 is 1.27 bits per heavy atom. The van der Waals surface area contributed by atoms with E-state index in [0.717, 1.165) is 37.0 Å². The highest BCUT2D eigenvalue weighted by Crippen LogP contribution is 2.31. The van der Waals surface area contributed by atoms with Gasteiger partial charge in [-0.05, 0) is 31.9 Å². The Bertz CT molecular complexity index is 909. The van der Waals surface area contributed by atoms with Crippen molar-refractivity contribution in [2.75, 3.05) is 6.54 Å². The summed E-state index contributed by atoms with van der Waals surface area (Å²) in [6.07, 6.45) is 7.34. The molecule has 0 aromatic carbocycles. The van der Waals surface area contributed by atoms with Crippen LogP contribution in [0.5, 0.6) is 0 Å². The van der Waals surface area contributed by atoms with Crippen molar-refractivity contribution in [1.82, 2.24) is 24.8 Å². The number of likely N-dealkylation sites (tertiary alicyclic amines) is 1. The highest BCUT2D eigenvalue weighted by atomic mass is 16.5. The van der Waals surface area contributed by atoms with Crippen molar-refractivity contribution in [2.45, 2.75) is 38.6 Å². The van der Waals surface area contributed by atoms with E-state index in [1.54, 1.807) is 23.0 Å². The molecule has 0 aliphatic carbocycles. The second-order valence-corrected chi connectivity index (χ2v) is 6.63. The predicted octanol–water partition coefficient (Wildman–Crippen LogP) is 3.13. The summed E-state index contributed by atoms with van der Waals surface area (Å²) < 4.78 is 12.6. The molecule has 26 heavy (non-hydrogen) atoms. The van der Waals surface area contributed by atoms with Crippen LogP contribution in [0.2, 0.25) is 0 Å². The topological polar surface area (TPSA) is 90.2 Å². The normalized spacial score (nSPS) is 18.1. The van der Waals surface area contributed by atoms with Gasteiger partial charge in [0.15, 0.2) is 11.6 Å². The maximum absolute atomic E-state index is 13.0. The van der Waals surface area contributed by atoms with Crippen molar-refractivity contribution in [3.05, 3.63) is 41.9 Å². The number of amides is 1. The molecule has 0 bridgehead atoms.